The number of ether oxygens (including phenoxy) is 1. The van der Waals surface area contributed by atoms with E-state index in [2.05, 4.69) is 5.10 Å². The van der Waals surface area contributed by atoms with Crippen molar-refractivity contribution in [2.75, 3.05) is 7.11 Å². The summed E-state index contributed by atoms with van der Waals surface area (Å²) in [5.74, 6) is 0.832. The fourth-order valence-electron chi connectivity index (χ4n) is 1.83. The maximum atomic E-state index is 5.99. The van der Waals surface area contributed by atoms with E-state index in [9.17, 15) is 0 Å². The molecule has 2 N–H and O–H groups in total. The molecule has 0 saturated heterocycles. The number of methoxy groups -OCH3 is 1. The Bertz CT molecular complexity index is 551. The highest BCUT2D eigenvalue weighted by atomic mass is 35.5. The molecule has 0 unspecified atom stereocenters. The first kappa shape index (κ1) is 12.9. The van der Waals surface area contributed by atoms with Gasteiger partial charge in [-0.25, -0.2) is 0 Å². The van der Waals surface area contributed by atoms with Crippen LogP contribution in [0.2, 0.25) is 5.02 Å². The van der Waals surface area contributed by atoms with Gasteiger partial charge in [0.2, 0.25) is 0 Å². The number of benzene rings is 1. The SMILES string of the molecule is COc1ccc(CN)cc1Cn1ncc(Cl)c1C. The van der Waals surface area contributed by atoms with Gasteiger partial charge in [0.25, 0.3) is 0 Å². The molecule has 0 spiro atoms. The van der Waals surface area contributed by atoms with Gasteiger partial charge in [0.15, 0.2) is 0 Å². The molecule has 96 valence electrons. The molecule has 5 heteroatoms. The molecule has 1 aromatic heterocycles. The Morgan fingerprint density at radius 2 is 2.22 bits per heavy atom. The third kappa shape index (κ3) is 2.49. The number of halogens is 1. The number of rotatable bonds is 4. The molecule has 4 nitrogen and oxygen atoms in total. The van der Waals surface area contributed by atoms with Crippen molar-refractivity contribution >= 4 is 11.6 Å². The molecule has 0 amide bonds. The average molecular weight is 266 g/mol. The lowest BCUT2D eigenvalue weighted by Gasteiger charge is -2.11. The first-order valence-electron chi connectivity index (χ1n) is 5.69. The van der Waals surface area contributed by atoms with E-state index in [0.29, 0.717) is 18.1 Å². The molecule has 0 aliphatic heterocycles. The minimum absolute atomic E-state index is 0.510. The van der Waals surface area contributed by atoms with E-state index >= 15 is 0 Å². The van der Waals surface area contributed by atoms with Gasteiger partial charge in [-0.15, -0.1) is 0 Å². The highest BCUT2D eigenvalue weighted by Gasteiger charge is 2.09. The van der Waals surface area contributed by atoms with E-state index in [1.165, 1.54) is 0 Å². The van der Waals surface area contributed by atoms with Crippen molar-refractivity contribution in [3.63, 3.8) is 0 Å². The Hall–Kier alpha value is -1.52. The lowest BCUT2D eigenvalue weighted by Crippen LogP contribution is -2.06. The summed E-state index contributed by atoms with van der Waals surface area (Å²) in [6.07, 6.45) is 1.65. The van der Waals surface area contributed by atoms with Gasteiger partial charge in [-0.05, 0) is 24.6 Å². The van der Waals surface area contributed by atoms with E-state index in [0.717, 1.165) is 22.6 Å². The number of hydrogen-bond donors (Lipinski definition) is 1. The van der Waals surface area contributed by atoms with E-state index in [-0.39, 0.29) is 0 Å². The minimum Gasteiger partial charge on any atom is -0.496 e. The molecule has 0 aliphatic rings. The van der Waals surface area contributed by atoms with Crippen molar-refractivity contribution in [2.24, 2.45) is 5.73 Å². The summed E-state index contributed by atoms with van der Waals surface area (Å²) in [5, 5.41) is 4.91. The van der Waals surface area contributed by atoms with Crippen molar-refractivity contribution in [3.05, 3.63) is 46.2 Å². The fraction of sp³-hybridized carbons (Fsp3) is 0.308. The molecule has 0 bridgehead atoms. The fourth-order valence-corrected chi connectivity index (χ4v) is 1.97. The van der Waals surface area contributed by atoms with Crippen molar-refractivity contribution in [1.82, 2.24) is 9.78 Å². The number of aromatic nitrogens is 2. The van der Waals surface area contributed by atoms with Crippen LogP contribution in [0.3, 0.4) is 0 Å². The van der Waals surface area contributed by atoms with Crippen molar-refractivity contribution in [1.29, 1.82) is 0 Å². The standard InChI is InChI=1S/C13H16ClN3O/c1-9-12(14)7-16-17(9)8-11-5-10(6-15)3-4-13(11)18-2/h3-5,7H,6,8,15H2,1-2H3. The minimum atomic E-state index is 0.510. The zero-order valence-corrected chi connectivity index (χ0v) is 11.2. The van der Waals surface area contributed by atoms with Crippen LogP contribution in [0.15, 0.2) is 24.4 Å². The predicted molar refractivity (Wildman–Crippen MR) is 72.0 cm³/mol. The van der Waals surface area contributed by atoms with E-state index in [4.69, 9.17) is 22.1 Å². The molecule has 0 fully saturated rings. The van der Waals surface area contributed by atoms with Crippen LogP contribution in [-0.2, 0) is 13.1 Å². The Kier molecular flexibility index (Phi) is 3.89. The zero-order valence-electron chi connectivity index (χ0n) is 10.5. The quantitative estimate of drug-likeness (QED) is 0.923. The molecule has 2 rings (SSSR count). The van der Waals surface area contributed by atoms with Gasteiger partial charge < -0.3 is 10.5 Å². The molecule has 1 heterocycles. The highest BCUT2D eigenvalue weighted by molar-refractivity contribution is 6.31. The second-order valence-corrected chi connectivity index (χ2v) is 4.49. The van der Waals surface area contributed by atoms with Crippen LogP contribution >= 0.6 is 11.6 Å². The van der Waals surface area contributed by atoms with Gasteiger partial charge in [-0.3, -0.25) is 4.68 Å². The Balaban J connectivity index is 2.35. The molecule has 18 heavy (non-hydrogen) atoms. The Labute approximate surface area is 111 Å². The van der Waals surface area contributed by atoms with Gasteiger partial charge in [0.05, 0.1) is 30.6 Å². The number of nitrogens with zero attached hydrogens (tertiary/aromatic N) is 2. The lowest BCUT2D eigenvalue weighted by atomic mass is 10.1. The first-order valence-corrected chi connectivity index (χ1v) is 6.07. The molecular weight excluding hydrogens is 250 g/mol. The van der Waals surface area contributed by atoms with E-state index in [1.807, 2.05) is 29.8 Å². The average Bonchev–Trinajstić information content (AvgIpc) is 2.70. The van der Waals surface area contributed by atoms with E-state index < -0.39 is 0 Å². The van der Waals surface area contributed by atoms with E-state index in [1.54, 1.807) is 13.3 Å². The topological polar surface area (TPSA) is 53.1 Å². The van der Waals surface area contributed by atoms with Gasteiger partial charge in [0.1, 0.15) is 5.75 Å². The smallest absolute Gasteiger partial charge is 0.123 e. The maximum Gasteiger partial charge on any atom is 0.123 e. The normalized spacial score (nSPS) is 10.7. The summed E-state index contributed by atoms with van der Waals surface area (Å²) in [5.41, 5.74) is 8.71. The Morgan fingerprint density at radius 1 is 1.44 bits per heavy atom. The second kappa shape index (κ2) is 5.42. The maximum absolute atomic E-state index is 5.99. The molecule has 0 radical (unpaired) electrons. The van der Waals surface area contributed by atoms with Crippen molar-refractivity contribution < 1.29 is 4.74 Å². The first-order chi connectivity index (χ1) is 8.65. The predicted octanol–water partition coefficient (Wildman–Crippen LogP) is 2.36. The zero-order chi connectivity index (χ0) is 13.1. The Morgan fingerprint density at radius 3 is 2.78 bits per heavy atom. The van der Waals surface area contributed by atoms with Gasteiger partial charge in [-0.1, -0.05) is 17.7 Å². The largest absolute Gasteiger partial charge is 0.496 e. The molecule has 0 atom stereocenters. The van der Waals surface area contributed by atoms with Crippen LogP contribution < -0.4 is 10.5 Å². The summed E-state index contributed by atoms with van der Waals surface area (Å²) in [6.45, 7) is 3.07. The second-order valence-electron chi connectivity index (χ2n) is 4.09. The number of nitrogens with two attached hydrogens (primary N) is 1. The van der Waals surface area contributed by atoms with Gasteiger partial charge in [0, 0.05) is 12.1 Å². The molecular formula is C13H16ClN3O. The highest BCUT2D eigenvalue weighted by Crippen LogP contribution is 2.22. The van der Waals surface area contributed by atoms with Crippen molar-refractivity contribution in [3.8, 4) is 5.75 Å². The molecule has 1 aromatic carbocycles. The molecule has 0 saturated carbocycles. The van der Waals surface area contributed by atoms with Gasteiger partial charge in [-0.2, -0.15) is 5.10 Å². The van der Waals surface area contributed by atoms with Crippen LogP contribution in [-0.4, -0.2) is 16.9 Å². The number of hydrogen-bond acceptors (Lipinski definition) is 3. The lowest BCUT2D eigenvalue weighted by molar-refractivity contribution is 0.407. The summed E-state index contributed by atoms with van der Waals surface area (Å²) < 4.78 is 7.20. The summed E-state index contributed by atoms with van der Waals surface area (Å²) in [4.78, 5) is 0. The molecule has 0 aliphatic carbocycles. The van der Waals surface area contributed by atoms with Crippen LogP contribution in [0.25, 0.3) is 0 Å². The summed E-state index contributed by atoms with van der Waals surface area (Å²) in [7, 11) is 1.66. The van der Waals surface area contributed by atoms with Crippen molar-refractivity contribution in [2.45, 2.75) is 20.0 Å². The third-order valence-corrected chi connectivity index (χ3v) is 3.31. The van der Waals surface area contributed by atoms with Crippen LogP contribution in [0.4, 0.5) is 0 Å². The monoisotopic (exact) mass is 265 g/mol. The summed E-state index contributed by atoms with van der Waals surface area (Å²) in [6, 6.07) is 5.93. The molecule has 2 aromatic rings. The van der Waals surface area contributed by atoms with Gasteiger partial charge >= 0.3 is 0 Å². The van der Waals surface area contributed by atoms with Crippen LogP contribution in [0.1, 0.15) is 16.8 Å². The van der Waals surface area contributed by atoms with Crippen LogP contribution in [0.5, 0.6) is 5.75 Å². The van der Waals surface area contributed by atoms with Crippen LogP contribution in [0, 0.1) is 6.92 Å². The summed E-state index contributed by atoms with van der Waals surface area (Å²) >= 11 is 5.99. The third-order valence-electron chi connectivity index (χ3n) is 2.94.